The molecule has 3 rings (SSSR count). The van der Waals surface area contributed by atoms with E-state index < -0.39 is 17.5 Å². The van der Waals surface area contributed by atoms with Crippen molar-refractivity contribution in [3.8, 4) is 0 Å². The summed E-state index contributed by atoms with van der Waals surface area (Å²) in [6.45, 7) is 1.10. The molecule has 0 aromatic heterocycles. The average molecular weight is 365 g/mol. The molecule has 1 heterocycles. The first kappa shape index (κ1) is 18.6. The Hall–Kier alpha value is -2.18. The number of rotatable bonds is 3. The summed E-state index contributed by atoms with van der Waals surface area (Å²) in [7, 11) is 0. The van der Waals surface area contributed by atoms with Crippen molar-refractivity contribution in [1.29, 1.82) is 0 Å². The van der Waals surface area contributed by atoms with Gasteiger partial charge >= 0.3 is 6.03 Å². The van der Waals surface area contributed by atoms with Gasteiger partial charge in [0.2, 0.25) is 0 Å². The van der Waals surface area contributed by atoms with Gasteiger partial charge in [0.1, 0.15) is 11.6 Å². The van der Waals surface area contributed by atoms with E-state index in [2.05, 4.69) is 10.6 Å². The van der Waals surface area contributed by atoms with Gasteiger partial charge in [0, 0.05) is 31.2 Å². The van der Waals surface area contributed by atoms with E-state index in [-0.39, 0.29) is 23.7 Å². The molecule has 1 aromatic carbocycles. The van der Waals surface area contributed by atoms with Crippen LogP contribution in [-0.2, 0) is 0 Å². The van der Waals surface area contributed by atoms with Crippen LogP contribution in [0.5, 0.6) is 0 Å². The molecule has 2 aliphatic rings. The van der Waals surface area contributed by atoms with E-state index in [1.165, 1.54) is 19.3 Å². The molecule has 0 radical (unpaired) electrons. The fraction of sp³-hybridized carbons (Fsp3) is 0.579. The number of nitrogens with zero attached hydrogens (tertiary/aromatic N) is 1. The van der Waals surface area contributed by atoms with Crippen LogP contribution in [0.3, 0.4) is 0 Å². The molecule has 1 aliphatic carbocycles. The Morgan fingerprint density at radius 1 is 0.923 bits per heavy atom. The second kappa shape index (κ2) is 8.47. The highest BCUT2D eigenvalue weighted by Crippen LogP contribution is 2.18. The van der Waals surface area contributed by atoms with E-state index in [0.717, 1.165) is 25.0 Å². The number of likely N-dealkylation sites (tertiary alicyclic amines) is 1. The van der Waals surface area contributed by atoms with Gasteiger partial charge in [-0.1, -0.05) is 19.3 Å². The Morgan fingerprint density at radius 2 is 1.58 bits per heavy atom. The van der Waals surface area contributed by atoms with Crippen LogP contribution in [0.4, 0.5) is 13.6 Å². The Morgan fingerprint density at radius 3 is 2.23 bits per heavy atom. The van der Waals surface area contributed by atoms with Gasteiger partial charge in [0.25, 0.3) is 5.91 Å². The molecule has 1 aromatic rings. The lowest BCUT2D eigenvalue weighted by Gasteiger charge is -2.34. The molecule has 1 aliphatic heterocycles. The van der Waals surface area contributed by atoms with Crippen molar-refractivity contribution in [2.45, 2.75) is 57.0 Å². The summed E-state index contributed by atoms with van der Waals surface area (Å²) in [6, 6.07) is 3.03. The van der Waals surface area contributed by atoms with Gasteiger partial charge in [-0.05, 0) is 37.8 Å². The van der Waals surface area contributed by atoms with Crippen molar-refractivity contribution in [3.63, 3.8) is 0 Å². The minimum atomic E-state index is -0.869. The van der Waals surface area contributed by atoms with Crippen molar-refractivity contribution >= 4 is 11.9 Å². The van der Waals surface area contributed by atoms with Crippen LogP contribution in [-0.4, -0.2) is 42.0 Å². The monoisotopic (exact) mass is 365 g/mol. The van der Waals surface area contributed by atoms with E-state index in [1.54, 1.807) is 4.90 Å². The summed E-state index contributed by atoms with van der Waals surface area (Å²) in [5.74, 6) is -2.13. The van der Waals surface area contributed by atoms with E-state index in [0.29, 0.717) is 32.0 Å². The summed E-state index contributed by atoms with van der Waals surface area (Å²) in [6.07, 6.45) is 6.90. The van der Waals surface area contributed by atoms with Gasteiger partial charge in [-0.2, -0.15) is 0 Å². The first-order chi connectivity index (χ1) is 12.5. The predicted molar refractivity (Wildman–Crippen MR) is 93.8 cm³/mol. The van der Waals surface area contributed by atoms with Crippen LogP contribution >= 0.6 is 0 Å². The zero-order valence-corrected chi connectivity index (χ0v) is 14.8. The summed E-state index contributed by atoms with van der Waals surface area (Å²) >= 11 is 0. The second-order valence-corrected chi connectivity index (χ2v) is 7.14. The minimum Gasteiger partial charge on any atom is -0.349 e. The number of halogens is 2. The number of carbonyl (C=O) groups excluding carboxylic acids is 2. The van der Waals surface area contributed by atoms with E-state index in [9.17, 15) is 18.4 Å². The molecule has 2 fully saturated rings. The molecule has 2 N–H and O–H groups in total. The molecule has 142 valence electrons. The number of benzene rings is 1. The number of hydrogen-bond donors (Lipinski definition) is 2. The third-order valence-corrected chi connectivity index (χ3v) is 5.23. The van der Waals surface area contributed by atoms with Crippen molar-refractivity contribution in [1.82, 2.24) is 15.5 Å². The molecule has 1 saturated heterocycles. The fourth-order valence-electron chi connectivity index (χ4n) is 3.68. The van der Waals surface area contributed by atoms with Crippen LogP contribution in [0.1, 0.15) is 55.3 Å². The summed E-state index contributed by atoms with van der Waals surface area (Å²) in [4.78, 5) is 26.3. The number of carbonyl (C=O) groups is 2. The maximum Gasteiger partial charge on any atom is 0.317 e. The van der Waals surface area contributed by atoms with Gasteiger partial charge in [-0.3, -0.25) is 4.79 Å². The number of amides is 3. The molecule has 0 spiro atoms. The van der Waals surface area contributed by atoms with Crippen molar-refractivity contribution in [2.24, 2.45) is 0 Å². The van der Waals surface area contributed by atoms with Crippen molar-refractivity contribution in [2.75, 3.05) is 13.1 Å². The third kappa shape index (κ3) is 4.71. The van der Waals surface area contributed by atoms with Crippen LogP contribution in [0.15, 0.2) is 18.2 Å². The molecule has 0 atom stereocenters. The lowest BCUT2D eigenvalue weighted by Crippen LogP contribution is -2.51. The molecule has 0 bridgehead atoms. The fourth-order valence-corrected chi connectivity index (χ4v) is 3.68. The molecule has 5 nitrogen and oxygen atoms in total. The standard InChI is InChI=1S/C19H25F2N3O2/c20-13-6-7-16(17(21)12-13)18(25)22-15-8-10-24(11-9-15)19(26)23-14-4-2-1-3-5-14/h6-7,12,14-15H,1-5,8-11H2,(H,22,25)(H,23,26). The van der Waals surface area contributed by atoms with Gasteiger partial charge in [0.05, 0.1) is 5.56 Å². The SMILES string of the molecule is O=C(NC1CCN(C(=O)NC2CCCCC2)CC1)c1ccc(F)cc1F. The van der Waals surface area contributed by atoms with Gasteiger partial charge in [0.15, 0.2) is 0 Å². The Balaban J connectivity index is 1.45. The Labute approximate surface area is 152 Å². The number of urea groups is 1. The summed E-state index contributed by atoms with van der Waals surface area (Å²) in [5, 5.41) is 5.87. The van der Waals surface area contributed by atoms with Gasteiger partial charge < -0.3 is 15.5 Å². The second-order valence-electron chi connectivity index (χ2n) is 7.14. The maximum atomic E-state index is 13.7. The lowest BCUT2D eigenvalue weighted by atomic mass is 9.95. The zero-order valence-electron chi connectivity index (χ0n) is 14.8. The topological polar surface area (TPSA) is 61.4 Å². The maximum absolute atomic E-state index is 13.7. The number of hydrogen-bond acceptors (Lipinski definition) is 2. The van der Waals surface area contributed by atoms with Gasteiger partial charge in [-0.15, -0.1) is 0 Å². The zero-order chi connectivity index (χ0) is 18.5. The highest BCUT2D eigenvalue weighted by molar-refractivity contribution is 5.94. The first-order valence-corrected chi connectivity index (χ1v) is 9.34. The van der Waals surface area contributed by atoms with E-state index in [1.807, 2.05) is 0 Å². The Bertz CT molecular complexity index is 654. The van der Waals surface area contributed by atoms with Crippen LogP contribution < -0.4 is 10.6 Å². The quantitative estimate of drug-likeness (QED) is 0.864. The number of nitrogens with one attached hydrogen (secondary N) is 2. The van der Waals surface area contributed by atoms with Crippen LogP contribution in [0.2, 0.25) is 0 Å². The van der Waals surface area contributed by atoms with Crippen molar-refractivity contribution < 1.29 is 18.4 Å². The van der Waals surface area contributed by atoms with E-state index in [4.69, 9.17) is 0 Å². The highest BCUT2D eigenvalue weighted by Gasteiger charge is 2.26. The highest BCUT2D eigenvalue weighted by atomic mass is 19.1. The third-order valence-electron chi connectivity index (χ3n) is 5.23. The van der Waals surface area contributed by atoms with Gasteiger partial charge in [-0.25, -0.2) is 13.6 Å². The smallest absolute Gasteiger partial charge is 0.317 e. The van der Waals surface area contributed by atoms with Crippen LogP contribution in [0, 0.1) is 11.6 Å². The van der Waals surface area contributed by atoms with Crippen molar-refractivity contribution in [3.05, 3.63) is 35.4 Å². The predicted octanol–water partition coefficient (Wildman–Crippen LogP) is 3.20. The summed E-state index contributed by atoms with van der Waals surface area (Å²) in [5.41, 5.74) is -0.163. The number of piperidine rings is 1. The largest absolute Gasteiger partial charge is 0.349 e. The summed E-state index contributed by atoms with van der Waals surface area (Å²) < 4.78 is 26.6. The Kier molecular flexibility index (Phi) is 6.06. The van der Waals surface area contributed by atoms with E-state index >= 15 is 0 Å². The molecule has 26 heavy (non-hydrogen) atoms. The van der Waals surface area contributed by atoms with Crippen LogP contribution in [0.25, 0.3) is 0 Å². The first-order valence-electron chi connectivity index (χ1n) is 9.34. The average Bonchev–Trinajstić information content (AvgIpc) is 2.63. The molecular weight excluding hydrogens is 340 g/mol. The molecule has 7 heteroatoms. The molecule has 1 saturated carbocycles. The minimum absolute atomic E-state index is 0.0359. The molecule has 3 amide bonds. The normalized spacial score (nSPS) is 19.2. The lowest BCUT2D eigenvalue weighted by molar-refractivity contribution is 0.0913. The molecular formula is C19H25F2N3O2. The molecule has 0 unspecified atom stereocenters.